The quantitative estimate of drug-likeness (QED) is 0.678. The number of nitrogens with zero attached hydrogens (tertiary/aromatic N) is 2. The number of aldehydes is 1. The lowest BCUT2D eigenvalue weighted by Crippen LogP contribution is -2.27. The summed E-state index contributed by atoms with van der Waals surface area (Å²) in [6.07, 6.45) is 2.01. The van der Waals surface area contributed by atoms with Gasteiger partial charge in [-0.2, -0.15) is 0 Å². The third kappa shape index (κ3) is 3.11. The van der Waals surface area contributed by atoms with Gasteiger partial charge >= 0.3 is 0 Å². The SMILES string of the molecule is CC(C)(CNc1ncnc(Cl)c1C=O)c1cccs1. The predicted octanol–water partition coefficient (Wildman–Crippen LogP) is 3.39. The second-order valence-corrected chi connectivity index (χ2v) is 6.07. The molecule has 0 saturated carbocycles. The molecule has 2 heterocycles. The highest BCUT2D eigenvalue weighted by atomic mass is 35.5. The van der Waals surface area contributed by atoms with Crippen LogP contribution in [0, 0.1) is 0 Å². The summed E-state index contributed by atoms with van der Waals surface area (Å²) < 4.78 is 0. The first-order valence-electron chi connectivity index (χ1n) is 5.78. The Hall–Kier alpha value is -1.46. The number of hydrogen-bond acceptors (Lipinski definition) is 5. The maximum absolute atomic E-state index is 11.0. The zero-order valence-electron chi connectivity index (χ0n) is 10.7. The number of aromatic nitrogens is 2. The summed E-state index contributed by atoms with van der Waals surface area (Å²) in [7, 11) is 0. The van der Waals surface area contributed by atoms with Crippen LogP contribution in [0.2, 0.25) is 5.15 Å². The lowest BCUT2D eigenvalue weighted by atomic mass is 9.91. The average Bonchev–Trinajstić information content (AvgIpc) is 2.91. The van der Waals surface area contributed by atoms with Crippen LogP contribution in [0.1, 0.15) is 29.1 Å². The van der Waals surface area contributed by atoms with Crippen molar-refractivity contribution in [3.8, 4) is 0 Å². The number of carbonyl (C=O) groups is 1. The van der Waals surface area contributed by atoms with Crippen LogP contribution in [0.3, 0.4) is 0 Å². The molecule has 0 spiro atoms. The lowest BCUT2D eigenvalue weighted by molar-refractivity contribution is 0.112. The molecule has 4 nitrogen and oxygen atoms in total. The minimum atomic E-state index is -0.0499. The number of carbonyl (C=O) groups excluding carboxylic acids is 1. The summed E-state index contributed by atoms with van der Waals surface area (Å²) in [5.74, 6) is 0.472. The van der Waals surface area contributed by atoms with Crippen LogP contribution < -0.4 is 5.32 Å². The Morgan fingerprint density at radius 2 is 2.26 bits per heavy atom. The summed E-state index contributed by atoms with van der Waals surface area (Å²) in [5, 5.41) is 5.39. The molecule has 0 aliphatic carbocycles. The predicted molar refractivity (Wildman–Crippen MR) is 78.3 cm³/mol. The molecular weight excluding hydrogens is 282 g/mol. The molecule has 2 rings (SSSR count). The topological polar surface area (TPSA) is 54.9 Å². The molecule has 2 aromatic rings. The number of thiophene rings is 1. The van der Waals surface area contributed by atoms with Crippen molar-refractivity contribution in [1.29, 1.82) is 0 Å². The number of nitrogens with one attached hydrogen (secondary N) is 1. The van der Waals surface area contributed by atoms with Crippen LogP contribution in [0.15, 0.2) is 23.8 Å². The Balaban J connectivity index is 2.15. The Bertz CT molecular complexity index is 569. The van der Waals surface area contributed by atoms with Gasteiger partial charge in [-0.25, -0.2) is 9.97 Å². The monoisotopic (exact) mass is 295 g/mol. The van der Waals surface area contributed by atoms with E-state index in [1.165, 1.54) is 11.2 Å². The summed E-state index contributed by atoms with van der Waals surface area (Å²) in [6, 6.07) is 4.13. The molecule has 1 N–H and O–H groups in total. The molecular formula is C13H14ClN3OS. The molecule has 0 aliphatic heterocycles. The number of hydrogen-bond donors (Lipinski definition) is 1. The summed E-state index contributed by atoms with van der Waals surface area (Å²) >= 11 is 7.57. The Morgan fingerprint density at radius 3 is 2.89 bits per heavy atom. The van der Waals surface area contributed by atoms with Gasteiger partial charge in [-0.3, -0.25) is 4.79 Å². The first kappa shape index (κ1) is 14.0. The molecule has 0 unspecified atom stereocenters. The van der Waals surface area contributed by atoms with E-state index in [4.69, 9.17) is 11.6 Å². The number of halogens is 1. The second-order valence-electron chi connectivity index (χ2n) is 4.76. The van der Waals surface area contributed by atoms with E-state index in [2.05, 4.69) is 40.6 Å². The van der Waals surface area contributed by atoms with Crippen molar-refractivity contribution in [2.24, 2.45) is 0 Å². The fourth-order valence-electron chi connectivity index (χ4n) is 1.67. The van der Waals surface area contributed by atoms with Crippen molar-refractivity contribution < 1.29 is 4.79 Å². The van der Waals surface area contributed by atoms with E-state index in [1.54, 1.807) is 11.3 Å². The van der Waals surface area contributed by atoms with Gasteiger partial charge in [0, 0.05) is 16.8 Å². The van der Waals surface area contributed by atoms with Crippen LogP contribution in [-0.4, -0.2) is 22.8 Å². The van der Waals surface area contributed by atoms with Gasteiger partial charge in [0.25, 0.3) is 0 Å². The molecule has 0 bridgehead atoms. The first-order valence-corrected chi connectivity index (χ1v) is 7.04. The lowest BCUT2D eigenvalue weighted by Gasteiger charge is -2.24. The Labute approximate surface area is 120 Å². The molecule has 100 valence electrons. The molecule has 0 aromatic carbocycles. The van der Waals surface area contributed by atoms with Crippen molar-refractivity contribution in [1.82, 2.24) is 9.97 Å². The van der Waals surface area contributed by atoms with Gasteiger partial charge in [-0.15, -0.1) is 11.3 Å². The summed E-state index contributed by atoms with van der Waals surface area (Å²) in [5.41, 5.74) is 0.248. The summed E-state index contributed by atoms with van der Waals surface area (Å²) in [4.78, 5) is 20.1. The van der Waals surface area contributed by atoms with Crippen LogP contribution in [0.5, 0.6) is 0 Å². The zero-order valence-corrected chi connectivity index (χ0v) is 12.3. The average molecular weight is 296 g/mol. The van der Waals surface area contributed by atoms with E-state index in [9.17, 15) is 4.79 Å². The van der Waals surface area contributed by atoms with Crippen LogP contribution in [0.25, 0.3) is 0 Å². The van der Waals surface area contributed by atoms with E-state index in [0.717, 1.165) is 0 Å². The minimum Gasteiger partial charge on any atom is -0.368 e. The van der Waals surface area contributed by atoms with Gasteiger partial charge in [0.2, 0.25) is 0 Å². The largest absolute Gasteiger partial charge is 0.368 e. The molecule has 0 saturated heterocycles. The molecule has 2 aromatic heterocycles. The molecule has 0 fully saturated rings. The van der Waals surface area contributed by atoms with Gasteiger partial charge in [0.15, 0.2) is 6.29 Å². The Kier molecular flexibility index (Phi) is 4.17. The van der Waals surface area contributed by atoms with E-state index in [-0.39, 0.29) is 10.6 Å². The third-order valence-electron chi connectivity index (χ3n) is 2.84. The van der Waals surface area contributed by atoms with Crippen LogP contribution in [0.4, 0.5) is 5.82 Å². The highest BCUT2D eigenvalue weighted by Crippen LogP contribution is 2.28. The van der Waals surface area contributed by atoms with Crippen molar-refractivity contribution >= 4 is 35.0 Å². The third-order valence-corrected chi connectivity index (χ3v) is 4.38. The molecule has 0 aliphatic rings. The van der Waals surface area contributed by atoms with Gasteiger partial charge in [0.05, 0.1) is 5.56 Å². The number of anilines is 1. The molecule has 0 radical (unpaired) electrons. The van der Waals surface area contributed by atoms with Crippen molar-refractivity contribution in [3.05, 3.63) is 39.4 Å². The van der Waals surface area contributed by atoms with Gasteiger partial charge in [-0.1, -0.05) is 31.5 Å². The van der Waals surface area contributed by atoms with Gasteiger partial charge in [0.1, 0.15) is 17.3 Å². The van der Waals surface area contributed by atoms with Gasteiger partial charge in [-0.05, 0) is 11.4 Å². The molecule has 19 heavy (non-hydrogen) atoms. The highest BCUT2D eigenvalue weighted by molar-refractivity contribution is 7.10. The first-order chi connectivity index (χ1) is 9.04. The van der Waals surface area contributed by atoms with Crippen LogP contribution in [-0.2, 0) is 5.41 Å². The highest BCUT2D eigenvalue weighted by Gasteiger charge is 2.22. The smallest absolute Gasteiger partial charge is 0.156 e. The fraction of sp³-hybridized carbons (Fsp3) is 0.308. The van der Waals surface area contributed by atoms with Crippen LogP contribution >= 0.6 is 22.9 Å². The number of rotatable bonds is 5. The molecule has 6 heteroatoms. The molecule has 0 amide bonds. The van der Waals surface area contributed by atoms with Crippen molar-refractivity contribution in [2.45, 2.75) is 19.3 Å². The van der Waals surface area contributed by atoms with E-state index >= 15 is 0 Å². The molecule has 0 atom stereocenters. The normalized spacial score (nSPS) is 11.3. The maximum atomic E-state index is 11.0. The Morgan fingerprint density at radius 1 is 1.47 bits per heavy atom. The zero-order chi connectivity index (χ0) is 13.9. The van der Waals surface area contributed by atoms with E-state index in [1.807, 2.05) is 6.07 Å². The second kappa shape index (κ2) is 5.67. The summed E-state index contributed by atoms with van der Waals surface area (Å²) in [6.45, 7) is 4.92. The maximum Gasteiger partial charge on any atom is 0.156 e. The fourth-order valence-corrected chi connectivity index (χ4v) is 2.70. The van der Waals surface area contributed by atoms with Gasteiger partial charge < -0.3 is 5.32 Å². The van der Waals surface area contributed by atoms with E-state index in [0.29, 0.717) is 24.2 Å². The minimum absolute atomic E-state index is 0.0499. The van der Waals surface area contributed by atoms with Crippen molar-refractivity contribution in [3.63, 3.8) is 0 Å². The standard InChI is InChI=1S/C13H14ClN3OS/c1-13(2,10-4-3-5-19-10)7-15-12-9(6-18)11(14)16-8-17-12/h3-6,8H,7H2,1-2H3,(H,15,16,17). The van der Waals surface area contributed by atoms with E-state index < -0.39 is 0 Å². The van der Waals surface area contributed by atoms with Crippen molar-refractivity contribution in [2.75, 3.05) is 11.9 Å².